The highest BCUT2D eigenvalue weighted by Gasteiger charge is 2.28. The summed E-state index contributed by atoms with van der Waals surface area (Å²) in [5.41, 5.74) is 0.806. The molecule has 1 saturated heterocycles. The van der Waals surface area contributed by atoms with E-state index in [0.29, 0.717) is 18.2 Å². The first-order chi connectivity index (χ1) is 8.40. The number of phenols is 1. The number of hydrogen-bond acceptors (Lipinski definition) is 4. The Morgan fingerprint density at radius 3 is 2.39 bits per heavy atom. The van der Waals surface area contributed by atoms with E-state index in [-0.39, 0.29) is 11.7 Å². The molecule has 0 saturated carbocycles. The predicted octanol–water partition coefficient (Wildman–Crippen LogP) is 3.75. The molecule has 0 spiro atoms. The van der Waals surface area contributed by atoms with E-state index in [1.807, 2.05) is 0 Å². The average Bonchev–Trinajstić information content (AvgIpc) is 2.54. The van der Waals surface area contributed by atoms with Crippen LogP contribution >= 0.6 is 55.8 Å². The maximum Gasteiger partial charge on any atom is 0.265 e. The van der Waals surface area contributed by atoms with E-state index in [1.54, 1.807) is 25.3 Å². The van der Waals surface area contributed by atoms with E-state index >= 15 is 0 Å². The number of phenolic OH excluding ortho intramolecular Hbond substituents is 1. The second-order valence-corrected chi connectivity index (χ2v) is 6.96. The number of likely N-dealkylation sites (N-methyl/N-ethyl adjacent to an activating group) is 1. The molecule has 0 atom stereocenters. The molecule has 0 radical (unpaired) electrons. The summed E-state index contributed by atoms with van der Waals surface area (Å²) >= 11 is 12.8. The third kappa shape index (κ3) is 2.64. The van der Waals surface area contributed by atoms with Crippen LogP contribution in [0, 0.1) is 0 Å². The number of thiocarbonyl (C=S) groups is 1. The van der Waals surface area contributed by atoms with E-state index in [0.717, 1.165) is 5.56 Å². The van der Waals surface area contributed by atoms with Crippen molar-refractivity contribution in [3.63, 3.8) is 0 Å². The largest absolute Gasteiger partial charge is 0.506 e. The Kier molecular flexibility index (Phi) is 4.15. The maximum absolute atomic E-state index is 11.8. The van der Waals surface area contributed by atoms with Gasteiger partial charge in [0.05, 0.1) is 13.9 Å². The molecule has 1 amide bonds. The molecule has 2 rings (SSSR count). The minimum absolute atomic E-state index is 0.106. The van der Waals surface area contributed by atoms with Crippen LogP contribution in [0.25, 0.3) is 6.08 Å². The van der Waals surface area contributed by atoms with Gasteiger partial charge in [0.25, 0.3) is 5.91 Å². The van der Waals surface area contributed by atoms with Gasteiger partial charge in [-0.2, -0.15) is 0 Å². The first-order valence-electron chi connectivity index (χ1n) is 4.79. The number of rotatable bonds is 1. The lowest BCUT2D eigenvalue weighted by atomic mass is 10.2. The molecule has 0 aromatic heterocycles. The molecule has 1 aliphatic rings. The minimum Gasteiger partial charge on any atom is -0.506 e. The summed E-state index contributed by atoms with van der Waals surface area (Å²) in [5.74, 6) is 0.0283. The van der Waals surface area contributed by atoms with Gasteiger partial charge in [0, 0.05) is 7.05 Å². The maximum atomic E-state index is 11.8. The lowest BCUT2D eigenvalue weighted by Crippen LogP contribution is -2.22. The van der Waals surface area contributed by atoms with Crippen molar-refractivity contribution in [2.24, 2.45) is 0 Å². The molecule has 1 aromatic carbocycles. The quantitative estimate of drug-likeness (QED) is 0.567. The molecule has 1 heterocycles. The molecular formula is C11H7Br2NO2S2. The Labute approximate surface area is 130 Å². The van der Waals surface area contributed by atoms with E-state index < -0.39 is 0 Å². The van der Waals surface area contributed by atoms with Crippen molar-refractivity contribution >= 4 is 72.1 Å². The fourth-order valence-corrected chi connectivity index (χ4v) is 3.77. The topological polar surface area (TPSA) is 40.5 Å². The van der Waals surface area contributed by atoms with Gasteiger partial charge in [-0.1, -0.05) is 24.0 Å². The van der Waals surface area contributed by atoms with Crippen molar-refractivity contribution in [1.29, 1.82) is 0 Å². The van der Waals surface area contributed by atoms with Crippen LogP contribution in [0.1, 0.15) is 5.56 Å². The number of thioether (sulfide) groups is 1. The summed E-state index contributed by atoms with van der Waals surface area (Å²) < 4.78 is 1.67. The van der Waals surface area contributed by atoms with Crippen molar-refractivity contribution in [3.8, 4) is 5.75 Å². The number of carbonyl (C=O) groups excluding carboxylic acids is 1. The van der Waals surface area contributed by atoms with Crippen molar-refractivity contribution in [3.05, 3.63) is 31.5 Å². The molecule has 0 bridgehead atoms. The van der Waals surface area contributed by atoms with Crippen LogP contribution in [-0.4, -0.2) is 27.3 Å². The molecule has 1 fully saturated rings. The van der Waals surface area contributed by atoms with Crippen LogP contribution in [0.3, 0.4) is 0 Å². The summed E-state index contributed by atoms with van der Waals surface area (Å²) in [6, 6.07) is 3.48. The van der Waals surface area contributed by atoms with E-state index in [1.165, 1.54) is 16.7 Å². The van der Waals surface area contributed by atoms with Crippen LogP contribution < -0.4 is 0 Å². The molecule has 94 valence electrons. The monoisotopic (exact) mass is 407 g/mol. The zero-order chi connectivity index (χ0) is 13.4. The molecule has 1 aliphatic heterocycles. The number of carbonyl (C=O) groups is 1. The van der Waals surface area contributed by atoms with Crippen LogP contribution in [0.15, 0.2) is 26.0 Å². The van der Waals surface area contributed by atoms with Gasteiger partial charge in [-0.3, -0.25) is 9.69 Å². The molecular weight excluding hydrogens is 402 g/mol. The lowest BCUT2D eigenvalue weighted by molar-refractivity contribution is -0.121. The zero-order valence-electron chi connectivity index (χ0n) is 9.11. The Hall–Kier alpha value is -0.370. The van der Waals surface area contributed by atoms with Gasteiger partial charge in [0.2, 0.25) is 0 Å². The Bertz CT molecular complexity index is 563. The smallest absolute Gasteiger partial charge is 0.265 e. The molecule has 3 nitrogen and oxygen atoms in total. The number of nitrogens with zero attached hydrogens (tertiary/aromatic N) is 1. The van der Waals surface area contributed by atoms with Gasteiger partial charge in [-0.05, 0) is 55.6 Å². The van der Waals surface area contributed by atoms with Crippen molar-refractivity contribution < 1.29 is 9.90 Å². The highest BCUT2D eigenvalue weighted by atomic mass is 79.9. The van der Waals surface area contributed by atoms with Gasteiger partial charge in [0.15, 0.2) is 0 Å². The second-order valence-electron chi connectivity index (χ2n) is 3.57. The summed E-state index contributed by atoms with van der Waals surface area (Å²) in [5, 5.41) is 9.61. The van der Waals surface area contributed by atoms with Crippen LogP contribution in [0.4, 0.5) is 0 Å². The standard InChI is InChI=1S/C11H7Br2NO2S2/c1-14-10(16)8(18-11(14)17)4-5-2-6(12)9(15)7(13)3-5/h2-4,15H,1H3/b8-4-. The van der Waals surface area contributed by atoms with E-state index in [2.05, 4.69) is 31.9 Å². The molecule has 18 heavy (non-hydrogen) atoms. The second kappa shape index (κ2) is 5.32. The predicted molar refractivity (Wildman–Crippen MR) is 84.4 cm³/mol. The van der Waals surface area contributed by atoms with Gasteiger partial charge < -0.3 is 5.11 Å². The normalized spacial score (nSPS) is 17.9. The summed E-state index contributed by atoms with van der Waals surface area (Å²) in [6.45, 7) is 0. The first kappa shape index (κ1) is 14.0. The summed E-state index contributed by atoms with van der Waals surface area (Å²) in [4.78, 5) is 13.9. The SMILES string of the molecule is CN1C(=O)/C(=C/c2cc(Br)c(O)c(Br)c2)SC1=S. The Morgan fingerprint density at radius 2 is 1.94 bits per heavy atom. The Balaban J connectivity index is 2.40. The molecule has 0 unspecified atom stereocenters. The summed E-state index contributed by atoms with van der Waals surface area (Å²) in [7, 11) is 1.65. The number of benzene rings is 1. The Morgan fingerprint density at radius 1 is 1.39 bits per heavy atom. The van der Waals surface area contributed by atoms with Crippen molar-refractivity contribution in [2.45, 2.75) is 0 Å². The van der Waals surface area contributed by atoms with Gasteiger partial charge in [-0.25, -0.2) is 0 Å². The number of halogens is 2. The third-order valence-electron chi connectivity index (χ3n) is 2.32. The first-order valence-corrected chi connectivity index (χ1v) is 7.61. The van der Waals surface area contributed by atoms with Crippen LogP contribution in [-0.2, 0) is 4.79 Å². The number of amides is 1. The average molecular weight is 409 g/mol. The van der Waals surface area contributed by atoms with Crippen molar-refractivity contribution in [2.75, 3.05) is 7.05 Å². The van der Waals surface area contributed by atoms with Crippen LogP contribution in [0.2, 0.25) is 0 Å². The lowest BCUT2D eigenvalue weighted by Gasteiger charge is -2.04. The molecule has 1 N–H and O–H groups in total. The van der Waals surface area contributed by atoms with E-state index in [9.17, 15) is 9.90 Å². The third-order valence-corrected chi connectivity index (χ3v) is 5.02. The number of aromatic hydroxyl groups is 1. The van der Waals surface area contributed by atoms with Crippen molar-refractivity contribution in [1.82, 2.24) is 4.90 Å². The van der Waals surface area contributed by atoms with Gasteiger partial charge in [-0.15, -0.1) is 0 Å². The van der Waals surface area contributed by atoms with Gasteiger partial charge in [0.1, 0.15) is 10.1 Å². The fraction of sp³-hybridized carbons (Fsp3) is 0.0909. The molecule has 7 heteroatoms. The van der Waals surface area contributed by atoms with E-state index in [4.69, 9.17) is 12.2 Å². The highest BCUT2D eigenvalue weighted by Crippen LogP contribution is 2.36. The molecule has 1 aromatic rings. The molecule has 0 aliphatic carbocycles. The number of hydrogen-bond donors (Lipinski definition) is 1. The van der Waals surface area contributed by atoms with Gasteiger partial charge >= 0.3 is 0 Å². The minimum atomic E-state index is -0.106. The van der Waals surface area contributed by atoms with Crippen LogP contribution in [0.5, 0.6) is 5.75 Å². The zero-order valence-corrected chi connectivity index (χ0v) is 13.9. The highest BCUT2D eigenvalue weighted by molar-refractivity contribution is 9.11. The summed E-state index contributed by atoms with van der Waals surface area (Å²) in [6.07, 6.45) is 1.75. The fourth-order valence-electron chi connectivity index (χ4n) is 1.37.